The molecule has 0 saturated heterocycles. The van der Waals surface area contributed by atoms with Crippen LogP contribution in [-0.2, 0) is 4.74 Å². The quantitative estimate of drug-likeness (QED) is 0.151. The third-order valence-electron chi connectivity index (χ3n) is 4.71. The number of benzene rings is 1. The van der Waals surface area contributed by atoms with E-state index in [0.717, 1.165) is 24.4 Å². The molecule has 0 unspecified atom stereocenters. The van der Waals surface area contributed by atoms with Crippen molar-refractivity contribution < 1.29 is 14.3 Å². The molecule has 0 aliphatic heterocycles. The smallest absolute Gasteiger partial charge is 0.189 e. The first-order valence-electron chi connectivity index (χ1n) is 10.1. The highest BCUT2D eigenvalue weighted by molar-refractivity contribution is 6.04. The fraction of sp³-hybridized carbons (Fsp3) is 0.609. The molecule has 1 aromatic carbocycles. The highest BCUT2D eigenvalue weighted by atomic mass is 16.5. The lowest BCUT2D eigenvalue weighted by atomic mass is 10.0. The molecule has 0 heterocycles. The number of rotatable bonds is 15. The van der Waals surface area contributed by atoms with Gasteiger partial charge in [-0.3, -0.25) is 4.79 Å². The zero-order valence-electron chi connectivity index (χ0n) is 16.9. The maximum absolute atomic E-state index is 12.3. The largest absolute Gasteiger partial charge is 0.501 e. The van der Waals surface area contributed by atoms with Gasteiger partial charge >= 0.3 is 0 Å². The second-order valence-corrected chi connectivity index (χ2v) is 6.84. The first-order valence-corrected chi connectivity index (χ1v) is 10.1. The van der Waals surface area contributed by atoms with Gasteiger partial charge < -0.3 is 9.47 Å². The summed E-state index contributed by atoms with van der Waals surface area (Å²) < 4.78 is 10.5. The van der Waals surface area contributed by atoms with Gasteiger partial charge in [0.1, 0.15) is 5.75 Å². The molecule has 0 spiro atoms. The normalized spacial score (nSPS) is 11.4. The lowest BCUT2D eigenvalue weighted by Crippen LogP contribution is -1.98. The van der Waals surface area contributed by atoms with Crippen LogP contribution in [0, 0.1) is 0 Å². The van der Waals surface area contributed by atoms with Crippen molar-refractivity contribution in [3.05, 3.63) is 41.7 Å². The van der Waals surface area contributed by atoms with Gasteiger partial charge in [-0.15, -0.1) is 0 Å². The Bertz CT molecular complexity index is 517. The van der Waals surface area contributed by atoms with E-state index in [1.807, 2.05) is 0 Å². The Hall–Kier alpha value is -1.77. The number of hydrogen-bond donors (Lipinski definition) is 0. The average molecular weight is 361 g/mol. The summed E-state index contributed by atoms with van der Waals surface area (Å²) in [6.45, 7) is 2.26. The van der Waals surface area contributed by atoms with Crippen LogP contribution in [0.15, 0.2) is 36.1 Å². The van der Waals surface area contributed by atoms with Gasteiger partial charge in [0.05, 0.1) is 20.0 Å². The molecule has 0 fully saturated rings. The van der Waals surface area contributed by atoms with Crippen molar-refractivity contribution in [3.8, 4) is 5.75 Å². The summed E-state index contributed by atoms with van der Waals surface area (Å²) in [6.07, 6.45) is 15.5. The van der Waals surface area contributed by atoms with E-state index < -0.39 is 0 Å². The minimum Gasteiger partial charge on any atom is -0.501 e. The van der Waals surface area contributed by atoms with E-state index in [2.05, 4.69) is 6.92 Å². The van der Waals surface area contributed by atoms with Gasteiger partial charge in [-0.25, -0.2) is 0 Å². The number of carbonyl (C=O) groups excluding carboxylic acids is 1. The Labute approximate surface area is 159 Å². The zero-order chi connectivity index (χ0) is 19.0. The van der Waals surface area contributed by atoms with Crippen LogP contribution in [0.5, 0.6) is 5.75 Å². The monoisotopic (exact) mass is 360 g/mol. The molecule has 0 aliphatic carbocycles. The molecule has 0 radical (unpaired) electrons. The summed E-state index contributed by atoms with van der Waals surface area (Å²) >= 11 is 0. The van der Waals surface area contributed by atoms with Gasteiger partial charge in [-0.1, -0.05) is 64.7 Å². The highest BCUT2D eigenvalue weighted by Gasteiger charge is 2.06. The Kier molecular flexibility index (Phi) is 12.3. The van der Waals surface area contributed by atoms with Gasteiger partial charge in [0, 0.05) is 18.1 Å². The zero-order valence-corrected chi connectivity index (χ0v) is 16.9. The van der Waals surface area contributed by atoms with Crippen LogP contribution in [0.3, 0.4) is 0 Å². The van der Waals surface area contributed by atoms with Crippen LogP contribution in [-0.4, -0.2) is 20.0 Å². The predicted octanol–water partition coefficient (Wildman–Crippen LogP) is 6.72. The van der Waals surface area contributed by atoms with Crippen LogP contribution in [0.1, 0.15) is 87.9 Å². The van der Waals surface area contributed by atoms with Gasteiger partial charge in [0.25, 0.3) is 0 Å². The number of allylic oxidation sites excluding steroid dienone is 2. The van der Waals surface area contributed by atoms with Crippen molar-refractivity contribution in [2.24, 2.45) is 0 Å². The van der Waals surface area contributed by atoms with E-state index in [9.17, 15) is 4.79 Å². The molecule has 3 nitrogen and oxygen atoms in total. The molecule has 146 valence electrons. The molecule has 26 heavy (non-hydrogen) atoms. The van der Waals surface area contributed by atoms with E-state index in [-0.39, 0.29) is 5.78 Å². The van der Waals surface area contributed by atoms with Crippen LogP contribution in [0.2, 0.25) is 0 Å². The number of methoxy groups -OCH3 is 2. The molecule has 0 saturated carbocycles. The molecule has 0 aliphatic rings. The Morgan fingerprint density at radius 1 is 0.846 bits per heavy atom. The fourth-order valence-electron chi connectivity index (χ4n) is 3.00. The number of unbranched alkanes of at least 4 members (excludes halogenated alkanes) is 9. The van der Waals surface area contributed by atoms with E-state index in [1.54, 1.807) is 44.6 Å². The highest BCUT2D eigenvalue weighted by Crippen LogP contribution is 2.16. The Morgan fingerprint density at radius 3 is 1.88 bits per heavy atom. The van der Waals surface area contributed by atoms with E-state index in [0.29, 0.717) is 5.56 Å². The number of ketones is 1. The van der Waals surface area contributed by atoms with Crippen LogP contribution >= 0.6 is 0 Å². The van der Waals surface area contributed by atoms with Crippen molar-refractivity contribution >= 4 is 5.78 Å². The molecule has 0 amide bonds. The summed E-state index contributed by atoms with van der Waals surface area (Å²) in [5.74, 6) is 1.50. The first kappa shape index (κ1) is 22.3. The van der Waals surface area contributed by atoms with Gasteiger partial charge in [0.15, 0.2) is 5.78 Å². The van der Waals surface area contributed by atoms with Crippen molar-refractivity contribution in [1.82, 2.24) is 0 Å². The third kappa shape index (κ3) is 9.65. The summed E-state index contributed by atoms with van der Waals surface area (Å²) in [5.41, 5.74) is 0.656. The third-order valence-corrected chi connectivity index (χ3v) is 4.71. The number of carbonyl (C=O) groups is 1. The molecule has 0 aromatic heterocycles. The van der Waals surface area contributed by atoms with Gasteiger partial charge in [0.2, 0.25) is 0 Å². The van der Waals surface area contributed by atoms with Crippen LogP contribution < -0.4 is 4.74 Å². The Balaban J connectivity index is 2.22. The van der Waals surface area contributed by atoms with E-state index in [1.165, 1.54) is 57.8 Å². The van der Waals surface area contributed by atoms with Crippen molar-refractivity contribution in [2.75, 3.05) is 14.2 Å². The first-order chi connectivity index (χ1) is 12.7. The van der Waals surface area contributed by atoms with Gasteiger partial charge in [-0.05, 0) is 30.7 Å². The lowest BCUT2D eigenvalue weighted by molar-refractivity contribution is 0.104. The molecule has 0 bridgehead atoms. The molecule has 0 N–H and O–H groups in total. The summed E-state index contributed by atoms with van der Waals surface area (Å²) in [7, 11) is 3.26. The minimum atomic E-state index is -0.0171. The van der Waals surface area contributed by atoms with Crippen LogP contribution in [0.4, 0.5) is 0 Å². The molecule has 1 aromatic rings. The van der Waals surface area contributed by atoms with Crippen molar-refractivity contribution in [3.63, 3.8) is 0 Å². The average Bonchev–Trinajstić information content (AvgIpc) is 2.68. The number of ether oxygens (including phenoxy) is 2. The minimum absolute atomic E-state index is 0.0171. The summed E-state index contributed by atoms with van der Waals surface area (Å²) in [5, 5.41) is 0. The Morgan fingerprint density at radius 2 is 1.38 bits per heavy atom. The number of hydrogen-bond acceptors (Lipinski definition) is 3. The fourth-order valence-corrected chi connectivity index (χ4v) is 3.00. The molecular formula is C23H36O3. The molecule has 3 heteroatoms. The van der Waals surface area contributed by atoms with Gasteiger partial charge in [-0.2, -0.15) is 0 Å². The standard InChI is InChI=1S/C23H36O3/c1-4-5-6-7-8-9-10-11-12-13-14-22(26-3)19-23(24)20-15-17-21(25-2)18-16-20/h15-19H,4-14H2,1-3H3/b22-19+. The predicted molar refractivity (Wildman–Crippen MR) is 109 cm³/mol. The molecule has 0 atom stereocenters. The summed E-state index contributed by atoms with van der Waals surface area (Å²) in [4.78, 5) is 12.3. The topological polar surface area (TPSA) is 35.5 Å². The second kappa shape index (κ2) is 14.4. The van der Waals surface area contributed by atoms with E-state index >= 15 is 0 Å². The lowest BCUT2D eigenvalue weighted by Gasteiger charge is -2.07. The second-order valence-electron chi connectivity index (χ2n) is 6.84. The molecule has 1 rings (SSSR count). The molecular weight excluding hydrogens is 324 g/mol. The van der Waals surface area contributed by atoms with E-state index in [4.69, 9.17) is 9.47 Å². The SMILES string of the molecule is CCCCCCCCCCCC/C(=C\C(=O)c1ccc(OC)cc1)OC. The maximum atomic E-state index is 12.3. The van der Waals surface area contributed by atoms with Crippen molar-refractivity contribution in [2.45, 2.75) is 77.6 Å². The summed E-state index contributed by atoms with van der Waals surface area (Å²) in [6, 6.07) is 7.17. The van der Waals surface area contributed by atoms with Crippen molar-refractivity contribution in [1.29, 1.82) is 0 Å². The van der Waals surface area contributed by atoms with Crippen LogP contribution in [0.25, 0.3) is 0 Å². The maximum Gasteiger partial charge on any atom is 0.189 e.